The number of aromatic amines is 1. The molecular weight excluding hydrogens is 300 g/mol. The maximum Gasteiger partial charge on any atom is 0.409 e. The molecule has 6 nitrogen and oxygen atoms in total. The summed E-state index contributed by atoms with van der Waals surface area (Å²) in [5.74, 6) is 0. The highest BCUT2D eigenvalue weighted by atomic mass is 32.1. The van der Waals surface area contributed by atoms with Gasteiger partial charge in [0.1, 0.15) is 0 Å². The van der Waals surface area contributed by atoms with Gasteiger partial charge in [0.05, 0.1) is 17.2 Å². The Hall–Kier alpha value is -1.86. The highest BCUT2D eigenvalue weighted by Gasteiger charge is 2.22. The Kier molecular flexibility index (Phi) is 4.74. The van der Waals surface area contributed by atoms with E-state index in [0.29, 0.717) is 6.61 Å². The van der Waals surface area contributed by atoms with E-state index in [1.807, 2.05) is 13.0 Å². The lowest BCUT2D eigenvalue weighted by Crippen LogP contribution is -2.48. The summed E-state index contributed by atoms with van der Waals surface area (Å²) < 4.78 is 5.04. The fourth-order valence-electron chi connectivity index (χ4n) is 2.52. The van der Waals surface area contributed by atoms with E-state index in [1.165, 1.54) is 9.75 Å². The van der Waals surface area contributed by atoms with Gasteiger partial charge in [-0.05, 0) is 25.1 Å². The summed E-state index contributed by atoms with van der Waals surface area (Å²) in [6, 6.07) is 6.27. The molecule has 1 fully saturated rings. The van der Waals surface area contributed by atoms with E-state index in [4.69, 9.17) is 4.74 Å². The number of hydrogen-bond acceptors (Lipinski definition) is 5. The lowest BCUT2D eigenvalue weighted by atomic mass is 10.3. The average molecular weight is 320 g/mol. The van der Waals surface area contributed by atoms with Crippen molar-refractivity contribution < 1.29 is 9.53 Å². The molecule has 1 N–H and O–H groups in total. The number of ether oxygens (including phenoxy) is 1. The Balaban J connectivity index is 1.52. The summed E-state index contributed by atoms with van der Waals surface area (Å²) in [7, 11) is 0. The number of thiophene rings is 1. The van der Waals surface area contributed by atoms with Gasteiger partial charge in [-0.3, -0.25) is 10.00 Å². The molecule has 0 unspecified atom stereocenters. The van der Waals surface area contributed by atoms with E-state index in [2.05, 4.69) is 27.2 Å². The predicted molar refractivity (Wildman–Crippen MR) is 85.8 cm³/mol. The number of hydrogen-bond donors (Lipinski definition) is 1. The van der Waals surface area contributed by atoms with Crippen LogP contribution in [0.25, 0.3) is 10.6 Å². The molecule has 1 amide bonds. The van der Waals surface area contributed by atoms with Crippen LogP contribution in [0.5, 0.6) is 0 Å². The maximum atomic E-state index is 11.7. The van der Waals surface area contributed by atoms with Crippen LogP contribution in [-0.4, -0.2) is 58.9 Å². The number of piperazine rings is 1. The smallest absolute Gasteiger partial charge is 0.409 e. The average Bonchev–Trinajstić information content (AvgIpc) is 3.19. The van der Waals surface area contributed by atoms with Crippen molar-refractivity contribution in [3.8, 4) is 10.6 Å². The Morgan fingerprint density at radius 1 is 1.32 bits per heavy atom. The molecule has 0 radical (unpaired) electrons. The summed E-state index contributed by atoms with van der Waals surface area (Å²) in [6.07, 6.45) is 1.57. The van der Waals surface area contributed by atoms with E-state index in [1.54, 1.807) is 22.4 Å². The molecule has 22 heavy (non-hydrogen) atoms. The number of carbonyl (C=O) groups is 1. The monoisotopic (exact) mass is 320 g/mol. The molecule has 0 saturated carbocycles. The fourth-order valence-corrected chi connectivity index (χ4v) is 3.55. The van der Waals surface area contributed by atoms with Crippen molar-refractivity contribution >= 4 is 17.4 Å². The van der Waals surface area contributed by atoms with Crippen LogP contribution in [0.3, 0.4) is 0 Å². The normalized spacial score (nSPS) is 16.0. The number of rotatable bonds is 4. The minimum atomic E-state index is -0.195. The lowest BCUT2D eigenvalue weighted by Gasteiger charge is -2.33. The first kappa shape index (κ1) is 15.1. The molecule has 2 aromatic heterocycles. The van der Waals surface area contributed by atoms with Crippen LogP contribution in [0, 0.1) is 0 Å². The minimum Gasteiger partial charge on any atom is -0.450 e. The van der Waals surface area contributed by atoms with E-state index in [-0.39, 0.29) is 6.09 Å². The molecule has 0 atom stereocenters. The standard InChI is InChI=1S/C15H20N4O2S/c1-2-21-15(20)19-9-7-18(8-10-19)11-12-3-4-14(22-12)13-5-6-16-17-13/h3-6H,2,7-11H2,1H3,(H,16,17). The maximum absolute atomic E-state index is 11.7. The van der Waals surface area contributed by atoms with Crippen LogP contribution in [-0.2, 0) is 11.3 Å². The van der Waals surface area contributed by atoms with Crippen molar-refractivity contribution in [3.63, 3.8) is 0 Å². The molecule has 3 heterocycles. The van der Waals surface area contributed by atoms with Gasteiger partial charge in [0.15, 0.2) is 0 Å². The van der Waals surface area contributed by atoms with E-state index in [0.717, 1.165) is 38.4 Å². The second kappa shape index (κ2) is 6.93. The zero-order valence-electron chi connectivity index (χ0n) is 12.6. The Bertz CT molecular complexity index is 603. The minimum absolute atomic E-state index is 0.195. The van der Waals surface area contributed by atoms with Gasteiger partial charge in [-0.1, -0.05) is 0 Å². The van der Waals surface area contributed by atoms with Gasteiger partial charge in [-0.2, -0.15) is 5.10 Å². The third kappa shape index (κ3) is 3.48. The predicted octanol–water partition coefficient (Wildman–Crippen LogP) is 2.41. The summed E-state index contributed by atoms with van der Waals surface area (Å²) in [5.41, 5.74) is 1.06. The van der Waals surface area contributed by atoms with Gasteiger partial charge in [-0.15, -0.1) is 11.3 Å². The number of amides is 1. The van der Waals surface area contributed by atoms with Crippen molar-refractivity contribution in [2.75, 3.05) is 32.8 Å². The SMILES string of the molecule is CCOC(=O)N1CCN(Cc2ccc(-c3ccn[nH]3)s2)CC1. The van der Waals surface area contributed by atoms with E-state index >= 15 is 0 Å². The summed E-state index contributed by atoms with van der Waals surface area (Å²) >= 11 is 1.78. The number of carbonyl (C=O) groups excluding carboxylic acids is 1. The van der Waals surface area contributed by atoms with Crippen LogP contribution < -0.4 is 0 Å². The molecule has 0 spiro atoms. The quantitative estimate of drug-likeness (QED) is 0.940. The molecule has 1 aliphatic rings. The van der Waals surface area contributed by atoms with Crippen molar-refractivity contribution in [3.05, 3.63) is 29.3 Å². The molecule has 3 rings (SSSR count). The number of nitrogens with zero attached hydrogens (tertiary/aromatic N) is 3. The van der Waals surface area contributed by atoms with Crippen LogP contribution in [0.15, 0.2) is 24.4 Å². The molecule has 7 heteroatoms. The largest absolute Gasteiger partial charge is 0.450 e. The first-order chi connectivity index (χ1) is 10.8. The summed E-state index contributed by atoms with van der Waals surface area (Å²) in [6.45, 7) is 6.43. The van der Waals surface area contributed by atoms with Crippen molar-refractivity contribution in [1.82, 2.24) is 20.0 Å². The number of H-pyrrole nitrogens is 1. The number of nitrogens with one attached hydrogen (secondary N) is 1. The zero-order chi connectivity index (χ0) is 15.4. The van der Waals surface area contributed by atoms with Crippen molar-refractivity contribution in [1.29, 1.82) is 0 Å². The first-order valence-corrected chi connectivity index (χ1v) is 8.30. The van der Waals surface area contributed by atoms with Gasteiger partial charge >= 0.3 is 6.09 Å². The Morgan fingerprint density at radius 3 is 2.82 bits per heavy atom. The van der Waals surface area contributed by atoms with Crippen LogP contribution in [0.1, 0.15) is 11.8 Å². The van der Waals surface area contributed by atoms with Gasteiger partial charge in [0.2, 0.25) is 0 Å². The molecule has 1 saturated heterocycles. The molecule has 0 aliphatic carbocycles. The second-order valence-corrected chi connectivity index (χ2v) is 6.37. The summed E-state index contributed by atoms with van der Waals surface area (Å²) in [5, 5.41) is 6.97. The van der Waals surface area contributed by atoms with E-state index in [9.17, 15) is 4.79 Å². The Morgan fingerprint density at radius 2 is 2.14 bits per heavy atom. The highest BCUT2D eigenvalue weighted by Crippen LogP contribution is 2.27. The zero-order valence-corrected chi connectivity index (χ0v) is 13.4. The van der Waals surface area contributed by atoms with Crippen LogP contribution >= 0.6 is 11.3 Å². The van der Waals surface area contributed by atoms with Gasteiger partial charge < -0.3 is 9.64 Å². The molecule has 0 aromatic carbocycles. The van der Waals surface area contributed by atoms with Crippen LogP contribution in [0.4, 0.5) is 4.79 Å². The molecule has 2 aromatic rings. The summed E-state index contributed by atoms with van der Waals surface area (Å²) in [4.78, 5) is 18.4. The van der Waals surface area contributed by atoms with Crippen LogP contribution in [0.2, 0.25) is 0 Å². The highest BCUT2D eigenvalue weighted by molar-refractivity contribution is 7.15. The van der Waals surface area contributed by atoms with Gasteiger partial charge in [0.25, 0.3) is 0 Å². The van der Waals surface area contributed by atoms with Gasteiger partial charge in [0, 0.05) is 43.8 Å². The third-order valence-electron chi connectivity index (χ3n) is 3.71. The molecule has 118 valence electrons. The first-order valence-electron chi connectivity index (χ1n) is 7.49. The Labute approximate surface area is 133 Å². The van der Waals surface area contributed by atoms with E-state index < -0.39 is 0 Å². The molecular formula is C15H20N4O2S. The van der Waals surface area contributed by atoms with Crippen molar-refractivity contribution in [2.45, 2.75) is 13.5 Å². The van der Waals surface area contributed by atoms with Crippen molar-refractivity contribution in [2.24, 2.45) is 0 Å². The topological polar surface area (TPSA) is 61.5 Å². The molecule has 1 aliphatic heterocycles. The molecule has 0 bridgehead atoms. The third-order valence-corrected chi connectivity index (χ3v) is 4.81. The lowest BCUT2D eigenvalue weighted by molar-refractivity contribution is 0.0781. The fraction of sp³-hybridized carbons (Fsp3) is 0.467. The second-order valence-electron chi connectivity index (χ2n) is 5.20. The van der Waals surface area contributed by atoms with Gasteiger partial charge in [-0.25, -0.2) is 4.79 Å². The number of aromatic nitrogens is 2.